The van der Waals surface area contributed by atoms with E-state index in [2.05, 4.69) is 43.9 Å². The number of nitrogens with zero attached hydrogens (tertiary/aromatic N) is 1. The highest BCUT2D eigenvalue weighted by molar-refractivity contribution is 5.51. The molecule has 2 nitrogen and oxygen atoms in total. The van der Waals surface area contributed by atoms with E-state index >= 15 is 0 Å². The van der Waals surface area contributed by atoms with Crippen LogP contribution in [-0.2, 0) is 6.61 Å². The maximum absolute atomic E-state index is 9.24. The zero-order valence-electron chi connectivity index (χ0n) is 12.6. The molecule has 0 saturated carbocycles. The summed E-state index contributed by atoms with van der Waals surface area (Å²) in [4.78, 5) is 2.50. The van der Waals surface area contributed by atoms with E-state index in [4.69, 9.17) is 0 Å². The number of hydrogen-bond donors (Lipinski definition) is 1. The lowest BCUT2D eigenvalue weighted by Crippen LogP contribution is -2.39. The average molecular weight is 261 g/mol. The number of anilines is 1. The molecule has 1 aliphatic heterocycles. The van der Waals surface area contributed by atoms with E-state index in [1.54, 1.807) is 0 Å². The number of benzene rings is 1. The number of aliphatic hydroxyl groups excluding tert-OH is 1. The van der Waals surface area contributed by atoms with Gasteiger partial charge in [-0.25, -0.2) is 0 Å². The predicted octanol–water partition coefficient (Wildman–Crippen LogP) is 3.89. The highest BCUT2D eigenvalue weighted by atomic mass is 16.3. The smallest absolute Gasteiger partial charge is 0.0684 e. The summed E-state index contributed by atoms with van der Waals surface area (Å²) in [7, 11) is 0. The molecule has 0 radical (unpaired) electrons. The molecule has 1 aromatic carbocycles. The van der Waals surface area contributed by atoms with Crippen LogP contribution in [0, 0.1) is 12.3 Å². The van der Waals surface area contributed by atoms with Crippen LogP contribution in [0.15, 0.2) is 18.2 Å². The van der Waals surface area contributed by atoms with Gasteiger partial charge >= 0.3 is 0 Å². The van der Waals surface area contributed by atoms with E-state index in [1.165, 1.54) is 50.0 Å². The maximum Gasteiger partial charge on any atom is 0.0684 e. The van der Waals surface area contributed by atoms with Gasteiger partial charge in [-0.2, -0.15) is 0 Å². The molecule has 0 unspecified atom stereocenters. The van der Waals surface area contributed by atoms with Crippen molar-refractivity contribution in [1.82, 2.24) is 0 Å². The molecule has 0 aliphatic carbocycles. The summed E-state index contributed by atoms with van der Waals surface area (Å²) in [6.07, 6.45) is 5.22. The van der Waals surface area contributed by atoms with Gasteiger partial charge in [-0.3, -0.25) is 0 Å². The molecule has 2 heteroatoms. The van der Waals surface area contributed by atoms with Crippen LogP contribution in [0.25, 0.3) is 0 Å². The highest BCUT2D eigenvalue weighted by Crippen LogP contribution is 2.39. The first-order valence-electron chi connectivity index (χ1n) is 7.59. The molecule has 1 saturated heterocycles. The third-order valence-electron chi connectivity index (χ3n) is 5.19. The molecule has 2 rings (SSSR count). The molecule has 1 fully saturated rings. The highest BCUT2D eigenvalue weighted by Gasteiger charge is 2.31. The van der Waals surface area contributed by atoms with Gasteiger partial charge < -0.3 is 10.0 Å². The fourth-order valence-electron chi connectivity index (χ4n) is 3.25. The number of aliphatic hydroxyl groups is 1. The summed E-state index contributed by atoms with van der Waals surface area (Å²) in [5.74, 6) is 0. The molecule has 1 aliphatic rings. The van der Waals surface area contributed by atoms with Gasteiger partial charge in [0.1, 0.15) is 0 Å². The minimum atomic E-state index is 0.140. The van der Waals surface area contributed by atoms with Gasteiger partial charge in [0, 0.05) is 18.8 Å². The average Bonchev–Trinajstić information content (AvgIpc) is 2.47. The SMILES string of the molecule is CCC1(CC)CCN(c2ccc(CO)c(C)c2)CC1. The Bertz CT molecular complexity index is 413. The number of rotatable bonds is 4. The third kappa shape index (κ3) is 2.94. The molecule has 1 heterocycles. The second-order valence-electron chi connectivity index (χ2n) is 5.96. The summed E-state index contributed by atoms with van der Waals surface area (Å²) < 4.78 is 0. The Hall–Kier alpha value is -1.02. The molecule has 1 N–H and O–H groups in total. The Morgan fingerprint density at radius 3 is 2.26 bits per heavy atom. The summed E-state index contributed by atoms with van der Waals surface area (Å²) in [5.41, 5.74) is 4.13. The Balaban J connectivity index is 2.07. The normalized spacial score (nSPS) is 18.6. The largest absolute Gasteiger partial charge is 0.392 e. The zero-order chi connectivity index (χ0) is 13.9. The van der Waals surface area contributed by atoms with Gasteiger partial charge in [0.15, 0.2) is 0 Å². The summed E-state index contributed by atoms with van der Waals surface area (Å²) in [6.45, 7) is 9.22. The molecule has 1 aromatic rings. The van der Waals surface area contributed by atoms with Crippen molar-refractivity contribution in [3.05, 3.63) is 29.3 Å². The standard InChI is InChI=1S/C17H27NO/c1-4-17(5-2)8-10-18(11-9-17)16-7-6-15(13-19)14(3)12-16/h6-7,12,19H,4-5,8-11,13H2,1-3H3. The molecule has 0 bridgehead atoms. The molecule has 0 atom stereocenters. The topological polar surface area (TPSA) is 23.5 Å². The predicted molar refractivity (Wildman–Crippen MR) is 81.6 cm³/mol. The lowest BCUT2D eigenvalue weighted by Gasteiger charge is -2.42. The number of aryl methyl sites for hydroxylation is 1. The quantitative estimate of drug-likeness (QED) is 0.888. The molecule has 0 amide bonds. The van der Waals surface area contributed by atoms with Crippen molar-refractivity contribution in [3.63, 3.8) is 0 Å². The summed E-state index contributed by atoms with van der Waals surface area (Å²) in [5, 5.41) is 9.24. The van der Waals surface area contributed by atoms with Crippen LogP contribution in [0.1, 0.15) is 50.7 Å². The second-order valence-corrected chi connectivity index (χ2v) is 5.96. The van der Waals surface area contributed by atoms with E-state index < -0.39 is 0 Å². The fourth-order valence-corrected chi connectivity index (χ4v) is 3.25. The zero-order valence-corrected chi connectivity index (χ0v) is 12.6. The van der Waals surface area contributed by atoms with Gasteiger partial charge in [-0.1, -0.05) is 32.8 Å². The minimum absolute atomic E-state index is 0.140. The van der Waals surface area contributed by atoms with Gasteiger partial charge in [0.05, 0.1) is 6.61 Å². The molecule has 0 aromatic heterocycles. The maximum atomic E-state index is 9.24. The van der Waals surface area contributed by atoms with E-state index in [1.807, 2.05) is 0 Å². The first kappa shape index (κ1) is 14.4. The van der Waals surface area contributed by atoms with Gasteiger partial charge in [0.25, 0.3) is 0 Å². The monoisotopic (exact) mass is 261 g/mol. The Morgan fingerprint density at radius 2 is 1.79 bits per heavy atom. The van der Waals surface area contributed by atoms with Crippen molar-refractivity contribution in [1.29, 1.82) is 0 Å². The van der Waals surface area contributed by atoms with Crippen molar-refractivity contribution in [2.75, 3.05) is 18.0 Å². The molecule has 19 heavy (non-hydrogen) atoms. The lowest BCUT2D eigenvalue weighted by molar-refractivity contribution is 0.199. The van der Waals surface area contributed by atoms with Crippen molar-refractivity contribution >= 4 is 5.69 Å². The van der Waals surface area contributed by atoms with Crippen LogP contribution in [-0.4, -0.2) is 18.2 Å². The van der Waals surface area contributed by atoms with Crippen LogP contribution >= 0.6 is 0 Å². The van der Waals surface area contributed by atoms with Gasteiger partial charge in [0.2, 0.25) is 0 Å². The molecule has 106 valence electrons. The van der Waals surface area contributed by atoms with Gasteiger partial charge in [-0.15, -0.1) is 0 Å². The first-order valence-corrected chi connectivity index (χ1v) is 7.59. The molecule has 0 spiro atoms. The van der Waals surface area contributed by atoms with E-state index in [-0.39, 0.29) is 6.61 Å². The molecular formula is C17H27NO. The second kappa shape index (κ2) is 5.96. The van der Waals surface area contributed by atoms with Crippen LogP contribution in [0.2, 0.25) is 0 Å². The first-order chi connectivity index (χ1) is 9.14. The third-order valence-corrected chi connectivity index (χ3v) is 5.19. The van der Waals surface area contributed by atoms with Crippen molar-refractivity contribution in [3.8, 4) is 0 Å². The van der Waals surface area contributed by atoms with Crippen LogP contribution < -0.4 is 4.90 Å². The summed E-state index contributed by atoms with van der Waals surface area (Å²) >= 11 is 0. The van der Waals surface area contributed by atoms with Crippen LogP contribution in [0.4, 0.5) is 5.69 Å². The number of piperidine rings is 1. The fraction of sp³-hybridized carbons (Fsp3) is 0.647. The van der Waals surface area contributed by atoms with Gasteiger partial charge in [-0.05, 0) is 48.4 Å². The van der Waals surface area contributed by atoms with E-state index in [9.17, 15) is 5.11 Å². The Kier molecular flexibility index (Phi) is 4.51. The van der Waals surface area contributed by atoms with Crippen molar-refractivity contribution in [2.45, 2.75) is 53.1 Å². The molecular weight excluding hydrogens is 234 g/mol. The Labute approximate surface area is 117 Å². The summed E-state index contributed by atoms with van der Waals surface area (Å²) in [6, 6.07) is 6.44. The van der Waals surface area contributed by atoms with Crippen LogP contribution in [0.3, 0.4) is 0 Å². The van der Waals surface area contributed by atoms with Crippen molar-refractivity contribution < 1.29 is 5.11 Å². The lowest BCUT2D eigenvalue weighted by atomic mass is 9.74. The van der Waals surface area contributed by atoms with E-state index in [0.29, 0.717) is 5.41 Å². The Morgan fingerprint density at radius 1 is 1.16 bits per heavy atom. The van der Waals surface area contributed by atoms with Crippen LogP contribution in [0.5, 0.6) is 0 Å². The minimum Gasteiger partial charge on any atom is -0.392 e. The number of hydrogen-bond acceptors (Lipinski definition) is 2. The van der Waals surface area contributed by atoms with Crippen molar-refractivity contribution in [2.24, 2.45) is 5.41 Å². The van der Waals surface area contributed by atoms with E-state index in [0.717, 1.165) is 5.56 Å².